The van der Waals surface area contributed by atoms with Gasteiger partial charge < -0.3 is 24.2 Å². The van der Waals surface area contributed by atoms with Crippen LogP contribution >= 0.6 is 0 Å². The normalized spacial score (nSPS) is 18.3. The largest absolute Gasteiger partial charge is 0.379 e. The number of carbonyl (C=O) groups excluding carboxylic acids is 3. The number of nitro groups is 1. The monoisotopic (exact) mass is 632 g/mol. The molecule has 1 aliphatic rings. The van der Waals surface area contributed by atoms with Crippen LogP contribution in [0.3, 0.4) is 0 Å². The summed E-state index contributed by atoms with van der Waals surface area (Å²) in [5, 5.41) is 11.1. The molecule has 1 aromatic rings. The summed E-state index contributed by atoms with van der Waals surface area (Å²) in [5.74, 6) is -0.0802. The number of likely N-dealkylation sites (tertiary alicyclic amines) is 1. The Morgan fingerprint density at radius 3 is 2.38 bits per heavy atom. The zero-order chi connectivity index (χ0) is 33.8. The minimum atomic E-state index is -0.515. The SMILES string of the molecule is CCC(C)C(C(CC(=O)N1CCCC1C(OC)C(C)C(=O)N(C)CCc1cccc([N+](=O)[O-])c1)OC)N(C)C(=O)CCC(C)C. The van der Waals surface area contributed by atoms with Crippen LogP contribution in [0, 0.1) is 27.9 Å². The van der Waals surface area contributed by atoms with Gasteiger partial charge in [-0.15, -0.1) is 0 Å². The summed E-state index contributed by atoms with van der Waals surface area (Å²) < 4.78 is 11.8. The molecule has 0 spiro atoms. The third-order valence-corrected chi connectivity index (χ3v) is 9.45. The van der Waals surface area contributed by atoms with E-state index in [2.05, 4.69) is 27.7 Å². The molecule has 3 amide bonds. The molecule has 1 aromatic carbocycles. The minimum absolute atomic E-state index is 0.0239. The molecule has 1 heterocycles. The Balaban J connectivity index is 2.13. The lowest BCUT2D eigenvalue weighted by Crippen LogP contribution is -2.53. The number of nitrogens with zero attached hydrogens (tertiary/aromatic N) is 4. The number of amides is 3. The maximum atomic E-state index is 13.9. The molecule has 2 rings (SSSR count). The molecule has 0 N–H and O–H groups in total. The minimum Gasteiger partial charge on any atom is -0.379 e. The van der Waals surface area contributed by atoms with Crippen LogP contribution in [0.15, 0.2) is 24.3 Å². The molecule has 0 radical (unpaired) electrons. The summed E-state index contributed by atoms with van der Waals surface area (Å²) in [7, 11) is 6.71. The Kier molecular flexibility index (Phi) is 15.4. The summed E-state index contributed by atoms with van der Waals surface area (Å²) in [4.78, 5) is 56.4. The number of likely N-dealkylation sites (N-methyl/N-ethyl adjacent to an activating group) is 2. The van der Waals surface area contributed by atoms with Crippen molar-refractivity contribution in [3.63, 3.8) is 0 Å². The molecular formula is C34H56N4O7. The van der Waals surface area contributed by atoms with Gasteiger partial charge in [0.15, 0.2) is 0 Å². The zero-order valence-electron chi connectivity index (χ0n) is 28.9. The van der Waals surface area contributed by atoms with Gasteiger partial charge in [0.1, 0.15) is 0 Å². The Morgan fingerprint density at radius 1 is 1.11 bits per heavy atom. The summed E-state index contributed by atoms with van der Waals surface area (Å²) >= 11 is 0. The molecule has 0 saturated carbocycles. The second kappa shape index (κ2) is 18.2. The van der Waals surface area contributed by atoms with E-state index in [9.17, 15) is 24.5 Å². The van der Waals surface area contributed by atoms with Crippen molar-refractivity contribution in [2.75, 3.05) is 41.4 Å². The highest BCUT2D eigenvalue weighted by atomic mass is 16.6. The maximum Gasteiger partial charge on any atom is 0.269 e. The maximum absolute atomic E-state index is 13.9. The highest BCUT2D eigenvalue weighted by Crippen LogP contribution is 2.30. The van der Waals surface area contributed by atoms with E-state index in [1.165, 1.54) is 12.1 Å². The number of hydrogen-bond acceptors (Lipinski definition) is 7. The molecule has 254 valence electrons. The number of nitro benzene ring substituents is 1. The van der Waals surface area contributed by atoms with Gasteiger partial charge in [-0.1, -0.05) is 53.2 Å². The Morgan fingerprint density at radius 2 is 1.80 bits per heavy atom. The third-order valence-electron chi connectivity index (χ3n) is 9.45. The van der Waals surface area contributed by atoms with Crippen molar-refractivity contribution in [1.29, 1.82) is 0 Å². The topological polar surface area (TPSA) is 123 Å². The number of benzene rings is 1. The lowest BCUT2D eigenvalue weighted by molar-refractivity contribution is -0.384. The van der Waals surface area contributed by atoms with Crippen LogP contribution in [0.4, 0.5) is 5.69 Å². The van der Waals surface area contributed by atoms with Gasteiger partial charge in [0.2, 0.25) is 17.7 Å². The number of carbonyl (C=O) groups is 3. The van der Waals surface area contributed by atoms with Gasteiger partial charge in [0, 0.05) is 60.0 Å². The van der Waals surface area contributed by atoms with E-state index < -0.39 is 23.0 Å². The molecule has 6 atom stereocenters. The molecule has 45 heavy (non-hydrogen) atoms. The van der Waals surface area contributed by atoms with Crippen molar-refractivity contribution < 1.29 is 28.8 Å². The summed E-state index contributed by atoms with van der Waals surface area (Å²) in [6, 6.07) is 5.92. The fourth-order valence-corrected chi connectivity index (χ4v) is 6.49. The van der Waals surface area contributed by atoms with Crippen molar-refractivity contribution in [1.82, 2.24) is 14.7 Å². The van der Waals surface area contributed by atoms with Gasteiger partial charge in [-0.25, -0.2) is 0 Å². The fourth-order valence-electron chi connectivity index (χ4n) is 6.49. The number of methoxy groups -OCH3 is 2. The van der Waals surface area contributed by atoms with E-state index in [-0.39, 0.29) is 47.8 Å². The Labute approximate surface area is 269 Å². The predicted molar refractivity (Wildman–Crippen MR) is 175 cm³/mol. The quantitative estimate of drug-likeness (QED) is 0.166. The smallest absolute Gasteiger partial charge is 0.269 e. The van der Waals surface area contributed by atoms with Crippen LogP contribution in [0.25, 0.3) is 0 Å². The first kappa shape index (κ1) is 38.1. The Bertz CT molecular complexity index is 1130. The van der Waals surface area contributed by atoms with E-state index in [0.717, 1.165) is 31.2 Å². The molecule has 1 aliphatic heterocycles. The lowest BCUT2D eigenvalue weighted by atomic mass is 9.90. The predicted octanol–water partition coefficient (Wildman–Crippen LogP) is 4.95. The molecule has 11 nitrogen and oxygen atoms in total. The molecule has 0 aromatic heterocycles. The lowest BCUT2D eigenvalue weighted by Gasteiger charge is -2.39. The molecule has 6 unspecified atom stereocenters. The van der Waals surface area contributed by atoms with Crippen LogP contribution in [0.2, 0.25) is 0 Å². The van der Waals surface area contributed by atoms with Crippen LogP contribution in [-0.2, 0) is 30.3 Å². The van der Waals surface area contributed by atoms with Gasteiger partial charge in [-0.05, 0) is 43.1 Å². The molecule has 1 fully saturated rings. The number of rotatable bonds is 18. The molecular weight excluding hydrogens is 576 g/mol. The van der Waals surface area contributed by atoms with Crippen molar-refractivity contribution in [3.8, 4) is 0 Å². The number of non-ortho nitro benzene ring substituents is 1. The second-order valence-electron chi connectivity index (χ2n) is 13.0. The fraction of sp³-hybridized carbons (Fsp3) is 0.735. The van der Waals surface area contributed by atoms with Crippen LogP contribution < -0.4 is 0 Å². The average Bonchev–Trinajstić information content (AvgIpc) is 3.51. The first-order valence-electron chi connectivity index (χ1n) is 16.4. The molecule has 11 heteroatoms. The van der Waals surface area contributed by atoms with Gasteiger partial charge in [0.25, 0.3) is 5.69 Å². The van der Waals surface area contributed by atoms with Gasteiger partial charge in [-0.2, -0.15) is 0 Å². The molecule has 0 bridgehead atoms. The number of ether oxygens (including phenoxy) is 2. The highest BCUT2D eigenvalue weighted by Gasteiger charge is 2.42. The average molecular weight is 633 g/mol. The second-order valence-corrected chi connectivity index (χ2v) is 13.0. The van der Waals surface area contributed by atoms with Gasteiger partial charge >= 0.3 is 0 Å². The summed E-state index contributed by atoms with van der Waals surface area (Å²) in [6.45, 7) is 11.2. The van der Waals surface area contributed by atoms with E-state index in [4.69, 9.17) is 9.47 Å². The Hall–Kier alpha value is -3.05. The van der Waals surface area contributed by atoms with Gasteiger partial charge in [-0.3, -0.25) is 24.5 Å². The first-order valence-corrected chi connectivity index (χ1v) is 16.4. The molecule has 1 saturated heterocycles. The first-order chi connectivity index (χ1) is 21.3. The van der Waals surface area contributed by atoms with Crippen molar-refractivity contribution in [2.24, 2.45) is 17.8 Å². The zero-order valence-corrected chi connectivity index (χ0v) is 28.9. The van der Waals surface area contributed by atoms with Crippen molar-refractivity contribution in [2.45, 2.75) is 104 Å². The van der Waals surface area contributed by atoms with Crippen molar-refractivity contribution in [3.05, 3.63) is 39.9 Å². The van der Waals surface area contributed by atoms with E-state index in [1.54, 1.807) is 37.1 Å². The summed E-state index contributed by atoms with van der Waals surface area (Å²) in [6.07, 6.45) is 3.27. The van der Waals surface area contributed by atoms with Crippen LogP contribution in [0.5, 0.6) is 0 Å². The number of hydrogen-bond donors (Lipinski definition) is 0. The van der Waals surface area contributed by atoms with Gasteiger partial charge in [0.05, 0.1) is 41.6 Å². The third kappa shape index (κ3) is 10.5. The van der Waals surface area contributed by atoms with Crippen LogP contribution in [0.1, 0.15) is 78.7 Å². The van der Waals surface area contributed by atoms with E-state index in [1.807, 2.05) is 24.9 Å². The molecule has 0 aliphatic carbocycles. The van der Waals surface area contributed by atoms with E-state index >= 15 is 0 Å². The van der Waals surface area contributed by atoms with Crippen molar-refractivity contribution >= 4 is 23.4 Å². The van der Waals surface area contributed by atoms with E-state index in [0.29, 0.717) is 31.8 Å². The highest BCUT2D eigenvalue weighted by molar-refractivity contribution is 5.80. The standard InChI is InChI=1S/C34H56N4O7/c1-10-24(4)32(36(7)30(39)17-16-23(2)3)29(44-8)22-31(40)37-19-12-15-28(37)33(45-9)25(5)34(41)35(6)20-18-26-13-11-14-27(21-26)38(42)43/h11,13-14,21,23-25,28-29,32-33H,10,12,15-20,22H2,1-9H3. The van der Waals surface area contributed by atoms with Crippen LogP contribution in [-0.4, -0.2) is 103 Å². The summed E-state index contributed by atoms with van der Waals surface area (Å²) in [5.41, 5.74) is 0.805.